The molecule has 2 aromatic carbocycles. The van der Waals surface area contributed by atoms with Crippen LogP contribution in [0.1, 0.15) is 37.0 Å². The van der Waals surface area contributed by atoms with Crippen molar-refractivity contribution in [3.63, 3.8) is 0 Å². The van der Waals surface area contributed by atoms with E-state index >= 15 is 0 Å². The van der Waals surface area contributed by atoms with Crippen LogP contribution in [-0.2, 0) is 27.4 Å². The maximum atomic E-state index is 13.3. The molecule has 2 amide bonds. The van der Waals surface area contributed by atoms with Gasteiger partial charge in [-0.15, -0.1) is 0 Å². The molecule has 2 rings (SSSR count). The average molecular weight is 441 g/mol. The zero-order valence-electron chi connectivity index (χ0n) is 19.2. The van der Waals surface area contributed by atoms with Crippen LogP contribution in [0.3, 0.4) is 0 Å². The Morgan fingerprint density at radius 3 is 2.09 bits per heavy atom. The molecule has 0 aliphatic rings. The van der Waals surface area contributed by atoms with Crippen LogP contribution < -0.4 is 0 Å². The highest BCUT2D eigenvalue weighted by molar-refractivity contribution is 5.89. The zero-order chi connectivity index (χ0) is 23.7. The third-order valence-electron chi connectivity index (χ3n) is 5.47. The molecule has 1 N–H and O–H groups in total. The third-order valence-corrected chi connectivity index (χ3v) is 5.47. The Labute approximate surface area is 189 Å². The fraction of sp³-hybridized carbons (Fsp3) is 0.400. The molecule has 0 aliphatic heterocycles. The van der Waals surface area contributed by atoms with E-state index in [1.165, 1.54) is 16.8 Å². The number of carbonyl (C=O) groups is 3. The summed E-state index contributed by atoms with van der Waals surface area (Å²) in [4.78, 5) is 40.5. The first-order valence-corrected chi connectivity index (χ1v) is 10.8. The van der Waals surface area contributed by atoms with E-state index in [2.05, 4.69) is 0 Å². The van der Waals surface area contributed by atoms with Crippen molar-refractivity contribution in [2.75, 3.05) is 13.6 Å². The number of aryl methyl sites for hydroxylation is 1. The molecule has 7 heteroatoms. The molecule has 0 saturated carbocycles. The van der Waals surface area contributed by atoms with Gasteiger partial charge in [0, 0.05) is 20.0 Å². The third kappa shape index (κ3) is 6.57. The summed E-state index contributed by atoms with van der Waals surface area (Å²) in [5.41, 5.74) is 2.75. The Bertz CT molecular complexity index is 898. The van der Waals surface area contributed by atoms with Crippen LogP contribution in [0.5, 0.6) is 0 Å². The first-order chi connectivity index (χ1) is 15.3. The minimum atomic E-state index is -1.08. The largest absolute Gasteiger partial charge is 0.480 e. The number of nitrogens with zero attached hydrogens (tertiary/aromatic N) is 2. The summed E-state index contributed by atoms with van der Waals surface area (Å²) in [7, 11) is 1.50. The molecule has 0 saturated heterocycles. The van der Waals surface area contributed by atoms with E-state index in [0.29, 0.717) is 6.42 Å². The molecule has 0 spiro atoms. The van der Waals surface area contributed by atoms with Gasteiger partial charge in [0.15, 0.2) is 0 Å². The summed E-state index contributed by atoms with van der Waals surface area (Å²) in [5.74, 6) is -1.49. The fourth-order valence-corrected chi connectivity index (χ4v) is 3.56. The molecule has 172 valence electrons. The molecule has 0 heterocycles. The van der Waals surface area contributed by atoms with Crippen molar-refractivity contribution in [2.24, 2.45) is 0 Å². The van der Waals surface area contributed by atoms with Gasteiger partial charge >= 0.3 is 12.1 Å². The molecule has 0 radical (unpaired) electrons. The van der Waals surface area contributed by atoms with Crippen molar-refractivity contribution < 1.29 is 24.2 Å². The van der Waals surface area contributed by atoms with Crippen LogP contribution in [0.15, 0.2) is 54.6 Å². The molecule has 32 heavy (non-hydrogen) atoms. The van der Waals surface area contributed by atoms with Gasteiger partial charge in [-0.3, -0.25) is 9.69 Å². The van der Waals surface area contributed by atoms with E-state index in [0.717, 1.165) is 16.7 Å². The highest BCUT2D eigenvalue weighted by Crippen LogP contribution is 2.16. The van der Waals surface area contributed by atoms with E-state index in [9.17, 15) is 19.5 Å². The van der Waals surface area contributed by atoms with Crippen LogP contribution >= 0.6 is 0 Å². The summed E-state index contributed by atoms with van der Waals surface area (Å²) < 4.78 is 5.35. The van der Waals surface area contributed by atoms with Crippen molar-refractivity contribution in [1.29, 1.82) is 0 Å². The quantitative estimate of drug-likeness (QED) is 0.606. The van der Waals surface area contributed by atoms with Crippen LogP contribution in [0.4, 0.5) is 4.79 Å². The van der Waals surface area contributed by atoms with Gasteiger partial charge in [0.1, 0.15) is 18.7 Å². The van der Waals surface area contributed by atoms with Crippen LogP contribution in [0.2, 0.25) is 0 Å². The van der Waals surface area contributed by atoms with Gasteiger partial charge in [-0.05, 0) is 31.4 Å². The number of benzene rings is 2. The summed E-state index contributed by atoms with van der Waals surface area (Å²) in [6.07, 6.45) is -0.104. The highest BCUT2D eigenvalue weighted by Gasteiger charge is 2.35. The monoisotopic (exact) mass is 440 g/mol. The number of likely N-dealkylation sites (N-methyl/N-ethyl adjacent to an activating group) is 2. The molecule has 0 bridgehead atoms. The highest BCUT2D eigenvalue weighted by atomic mass is 16.6. The van der Waals surface area contributed by atoms with E-state index in [1.807, 2.05) is 61.5 Å². The molecule has 0 aliphatic carbocycles. The van der Waals surface area contributed by atoms with Crippen LogP contribution in [0, 0.1) is 6.92 Å². The van der Waals surface area contributed by atoms with Crippen LogP contribution in [-0.4, -0.2) is 58.6 Å². The van der Waals surface area contributed by atoms with Gasteiger partial charge in [0.05, 0.1) is 0 Å². The standard InChI is InChI=1S/C25H32N2O5/c1-5-21(26(4)25(31)32-17-20-10-8-7-9-11-20)23(28)27(6-2)22(24(29)30)16-19-14-12-18(3)13-15-19/h7-15,21-22H,5-6,16-17H2,1-4H3,(H,29,30)/t21-,22-/m0/s1. The second-order valence-corrected chi connectivity index (χ2v) is 7.74. The van der Waals surface area contributed by atoms with Crippen molar-refractivity contribution >= 4 is 18.0 Å². The fourth-order valence-electron chi connectivity index (χ4n) is 3.56. The Morgan fingerprint density at radius 1 is 0.938 bits per heavy atom. The smallest absolute Gasteiger partial charge is 0.410 e. The van der Waals surface area contributed by atoms with Gasteiger partial charge in [-0.1, -0.05) is 67.1 Å². The molecule has 0 unspecified atom stereocenters. The molecule has 0 fully saturated rings. The lowest BCUT2D eigenvalue weighted by atomic mass is 10.0. The SMILES string of the molecule is CC[C@@H](C(=O)N(CC)[C@@H](Cc1ccc(C)cc1)C(=O)O)N(C)C(=O)OCc1ccccc1. The van der Waals surface area contributed by atoms with Gasteiger partial charge in [0.2, 0.25) is 5.91 Å². The van der Waals surface area contributed by atoms with E-state index in [1.54, 1.807) is 13.8 Å². The van der Waals surface area contributed by atoms with E-state index < -0.39 is 30.1 Å². The molecular formula is C25H32N2O5. The van der Waals surface area contributed by atoms with Crippen molar-refractivity contribution in [1.82, 2.24) is 9.80 Å². The molecular weight excluding hydrogens is 408 g/mol. The summed E-state index contributed by atoms with van der Waals surface area (Å²) in [5, 5.41) is 9.85. The number of aliphatic carboxylic acids is 1. The Hall–Kier alpha value is -3.35. The Morgan fingerprint density at radius 2 is 1.56 bits per heavy atom. The number of amides is 2. The molecule has 0 aromatic heterocycles. The summed E-state index contributed by atoms with van der Waals surface area (Å²) >= 11 is 0. The van der Waals surface area contributed by atoms with Gasteiger partial charge in [-0.2, -0.15) is 0 Å². The van der Waals surface area contributed by atoms with Gasteiger partial charge in [-0.25, -0.2) is 9.59 Å². The summed E-state index contributed by atoms with van der Waals surface area (Å²) in [6.45, 7) is 5.79. The predicted octanol–water partition coefficient (Wildman–Crippen LogP) is 3.89. The first kappa shape index (κ1) is 24.9. The second kappa shape index (κ2) is 11.9. The Balaban J connectivity index is 2.13. The van der Waals surface area contributed by atoms with E-state index in [4.69, 9.17) is 4.74 Å². The second-order valence-electron chi connectivity index (χ2n) is 7.74. The lowest BCUT2D eigenvalue weighted by Crippen LogP contribution is -2.54. The lowest BCUT2D eigenvalue weighted by molar-refractivity contribution is -0.152. The van der Waals surface area contributed by atoms with E-state index in [-0.39, 0.29) is 19.6 Å². The van der Waals surface area contributed by atoms with Crippen molar-refractivity contribution in [3.8, 4) is 0 Å². The maximum absolute atomic E-state index is 13.3. The summed E-state index contributed by atoms with van der Waals surface area (Å²) in [6, 6.07) is 15.0. The molecule has 2 atom stereocenters. The number of rotatable bonds is 10. The zero-order valence-corrected chi connectivity index (χ0v) is 19.2. The Kier molecular flexibility index (Phi) is 9.25. The number of carbonyl (C=O) groups excluding carboxylic acids is 2. The topological polar surface area (TPSA) is 87.2 Å². The normalized spacial score (nSPS) is 12.5. The number of hydrogen-bond donors (Lipinski definition) is 1. The van der Waals surface area contributed by atoms with Crippen molar-refractivity contribution in [2.45, 2.75) is 52.3 Å². The number of ether oxygens (including phenoxy) is 1. The van der Waals surface area contributed by atoms with Gasteiger partial charge < -0.3 is 14.7 Å². The number of carboxylic acids is 1. The maximum Gasteiger partial charge on any atom is 0.410 e. The minimum absolute atomic E-state index is 0.0945. The average Bonchev–Trinajstić information content (AvgIpc) is 2.79. The molecule has 2 aromatic rings. The number of hydrogen-bond acceptors (Lipinski definition) is 4. The lowest BCUT2D eigenvalue weighted by Gasteiger charge is -2.34. The molecule has 7 nitrogen and oxygen atoms in total. The predicted molar refractivity (Wildman–Crippen MR) is 122 cm³/mol. The van der Waals surface area contributed by atoms with Crippen molar-refractivity contribution in [3.05, 3.63) is 71.3 Å². The van der Waals surface area contributed by atoms with Crippen LogP contribution in [0.25, 0.3) is 0 Å². The van der Waals surface area contributed by atoms with Gasteiger partial charge in [0.25, 0.3) is 0 Å². The minimum Gasteiger partial charge on any atom is -0.480 e. The first-order valence-electron chi connectivity index (χ1n) is 10.8. The number of carboxylic acid groups (broad SMARTS) is 1.